The number of carbonyl (C=O) groups is 1. The van der Waals surface area contributed by atoms with Crippen molar-refractivity contribution in [2.75, 3.05) is 0 Å². The van der Waals surface area contributed by atoms with Crippen LogP contribution in [0.15, 0.2) is 78.9 Å². The van der Waals surface area contributed by atoms with Crippen LogP contribution in [0.1, 0.15) is 33.8 Å². The molecule has 0 radical (unpaired) electrons. The molecule has 0 unspecified atom stereocenters. The highest BCUT2D eigenvalue weighted by atomic mass is 16.6. The number of benzene rings is 3. The van der Waals surface area contributed by atoms with Gasteiger partial charge in [-0.1, -0.05) is 54.6 Å². The Morgan fingerprint density at radius 1 is 0.590 bits per heavy atom. The Balaban J connectivity index is 1.65. The molecule has 0 N–H and O–H groups in total. The summed E-state index contributed by atoms with van der Waals surface area (Å²) in [6, 6.07) is 25.0. The van der Waals surface area contributed by atoms with Gasteiger partial charge in [0.1, 0.15) is 0 Å². The Morgan fingerprint density at radius 2 is 1.00 bits per heavy atom. The number of rotatable bonds is 3. The van der Waals surface area contributed by atoms with E-state index in [1.807, 2.05) is 12.1 Å². The molecular formula is C34H31N3O2. The maximum atomic E-state index is 14.1. The summed E-state index contributed by atoms with van der Waals surface area (Å²) >= 11 is 0. The lowest BCUT2D eigenvalue weighted by Crippen LogP contribution is -2.29. The van der Waals surface area contributed by atoms with Gasteiger partial charge in [0.2, 0.25) is 0 Å². The highest BCUT2D eigenvalue weighted by Gasteiger charge is 2.49. The second kappa shape index (κ2) is 8.00. The first-order chi connectivity index (χ1) is 18.8. The van der Waals surface area contributed by atoms with Crippen molar-refractivity contribution in [1.29, 1.82) is 0 Å². The minimum Gasteiger partial charge on any atom is -0.441 e. The molecule has 194 valence electrons. The maximum Gasteiger partial charge on any atom is 0.340 e. The van der Waals surface area contributed by atoms with Gasteiger partial charge in [-0.2, -0.15) is 0 Å². The zero-order chi connectivity index (χ0) is 27.2. The van der Waals surface area contributed by atoms with E-state index in [1.54, 1.807) is 0 Å². The van der Waals surface area contributed by atoms with Gasteiger partial charge in [-0.3, -0.25) is 0 Å². The van der Waals surface area contributed by atoms with Crippen LogP contribution in [0.25, 0.3) is 38.3 Å². The number of para-hydroxylation sites is 3. The van der Waals surface area contributed by atoms with E-state index in [0.29, 0.717) is 5.57 Å². The van der Waals surface area contributed by atoms with Crippen LogP contribution >= 0.6 is 0 Å². The van der Waals surface area contributed by atoms with Gasteiger partial charge in [-0.05, 0) is 45.0 Å². The second-order valence-corrected chi connectivity index (χ2v) is 10.8. The summed E-state index contributed by atoms with van der Waals surface area (Å²) in [4.78, 5) is 14.1. The van der Waals surface area contributed by atoms with Gasteiger partial charge >= 0.3 is 5.97 Å². The SMILES string of the molecule is Cc1c(C2=CC(c3c(C)n(C)c4ccccc34)(c3c(C)n(C)c4ccccc34)OC2=O)c2ccccc2n1C. The summed E-state index contributed by atoms with van der Waals surface area (Å²) in [7, 11) is 6.22. The molecule has 0 spiro atoms. The van der Waals surface area contributed by atoms with Crippen LogP contribution < -0.4 is 0 Å². The number of ether oxygens (including phenoxy) is 1. The van der Waals surface area contributed by atoms with E-state index in [1.165, 1.54) is 0 Å². The number of nitrogens with zero attached hydrogens (tertiary/aromatic N) is 3. The van der Waals surface area contributed by atoms with E-state index in [9.17, 15) is 4.79 Å². The van der Waals surface area contributed by atoms with Gasteiger partial charge in [-0.25, -0.2) is 4.79 Å². The molecule has 0 fully saturated rings. The topological polar surface area (TPSA) is 41.1 Å². The van der Waals surface area contributed by atoms with Gasteiger partial charge < -0.3 is 18.4 Å². The molecule has 0 saturated heterocycles. The van der Waals surface area contributed by atoms with Crippen LogP contribution in [-0.4, -0.2) is 19.7 Å². The lowest BCUT2D eigenvalue weighted by molar-refractivity contribution is -0.142. The summed E-state index contributed by atoms with van der Waals surface area (Å²) in [6.07, 6.45) is 2.10. The first-order valence-electron chi connectivity index (χ1n) is 13.4. The van der Waals surface area contributed by atoms with Crippen molar-refractivity contribution in [3.05, 3.63) is 113 Å². The highest BCUT2D eigenvalue weighted by Crippen LogP contribution is 2.52. The molecule has 6 aromatic rings. The first-order valence-corrected chi connectivity index (χ1v) is 13.4. The molecular weight excluding hydrogens is 482 g/mol. The summed E-state index contributed by atoms with van der Waals surface area (Å²) in [5.74, 6) is -0.297. The Hall–Kier alpha value is -4.51. The van der Waals surface area contributed by atoms with Gasteiger partial charge in [0.05, 0.1) is 5.57 Å². The molecule has 1 aliphatic heterocycles. The fraction of sp³-hybridized carbons (Fsp3) is 0.206. The van der Waals surface area contributed by atoms with E-state index < -0.39 is 5.60 Å². The predicted octanol–water partition coefficient (Wildman–Crippen LogP) is 6.97. The molecule has 39 heavy (non-hydrogen) atoms. The van der Waals surface area contributed by atoms with Crippen molar-refractivity contribution in [2.24, 2.45) is 21.1 Å². The Bertz CT molecular complexity index is 1940. The largest absolute Gasteiger partial charge is 0.441 e. The molecule has 0 amide bonds. The van der Waals surface area contributed by atoms with Crippen molar-refractivity contribution < 1.29 is 9.53 Å². The third kappa shape index (κ3) is 2.93. The van der Waals surface area contributed by atoms with E-state index in [-0.39, 0.29) is 5.97 Å². The first kappa shape index (κ1) is 23.6. The number of cyclic esters (lactones) is 1. The Labute approximate surface area is 227 Å². The van der Waals surface area contributed by atoms with Gasteiger partial charge in [0, 0.05) is 87.6 Å². The third-order valence-electron chi connectivity index (χ3n) is 9.03. The van der Waals surface area contributed by atoms with Gasteiger partial charge in [-0.15, -0.1) is 0 Å². The van der Waals surface area contributed by atoms with Gasteiger partial charge in [0.15, 0.2) is 5.60 Å². The van der Waals surface area contributed by atoms with E-state index in [2.05, 4.69) is 122 Å². The fourth-order valence-electron chi connectivity index (χ4n) is 6.88. The van der Waals surface area contributed by atoms with E-state index >= 15 is 0 Å². The summed E-state index contributed by atoms with van der Waals surface area (Å²) in [5, 5.41) is 3.23. The number of fused-ring (bicyclic) bond motifs is 3. The van der Waals surface area contributed by atoms with E-state index in [4.69, 9.17) is 4.74 Å². The Morgan fingerprint density at radius 3 is 1.51 bits per heavy atom. The molecule has 0 bridgehead atoms. The average molecular weight is 514 g/mol. The number of hydrogen-bond donors (Lipinski definition) is 0. The number of carbonyl (C=O) groups excluding carboxylic acids is 1. The fourth-order valence-corrected chi connectivity index (χ4v) is 6.88. The third-order valence-corrected chi connectivity index (χ3v) is 9.03. The van der Waals surface area contributed by atoms with Crippen molar-refractivity contribution in [3.63, 3.8) is 0 Å². The van der Waals surface area contributed by atoms with Crippen molar-refractivity contribution >= 4 is 44.3 Å². The molecule has 4 heterocycles. The zero-order valence-corrected chi connectivity index (χ0v) is 23.2. The molecule has 3 aromatic heterocycles. The molecule has 0 atom stereocenters. The van der Waals surface area contributed by atoms with Crippen molar-refractivity contribution in [1.82, 2.24) is 13.7 Å². The number of aromatic nitrogens is 3. The zero-order valence-electron chi connectivity index (χ0n) is 23.2. The molecule has 7 rings (SSSR count). The van der Waals surface area contributed by atoms with Gasteiger partial charge in [0.25, 0.3) is 0 Å². The molecule has 5 heteroatoms. The Kier molecular flexibility index (Phi) is 4.84. The maximum absolute atomic E-state index is 14.1. The lowest BCUT2D eigenvalue weighted by atomic mass is 9.81. The quantitative estimate of drug-likeness (QED) is 0.240. The van der Waals surface area contributed by atoms with Crippen LogP contribution in [0.3, 0.4) is 0 Å². The highest BCUT2D eigenvalue weighted by molar-refractivity contribution is 6.23. The van der Waals surface area contributed by atoms with Crippen LogP contribution in [0, 0.1) is 20.8 Å². The van der Waals surface area contributed by atoms with Crippen LogP contribution in [0.2, 0.25) is 0 Å². The average Bonchev–Trinajstić information content (AvgIpc) is 3.59. The molecule has 0 saturated carbocycles. The number of aryl methyl sites for hydroxylation is 3. The smallest absolute Gasteiger partial charge is 0.340 e. The molecule has 1 aliphatic rings. The summed E-state index contributed by atoms with van der Waals surface area (Å²) in [6.45, 7) is 6.33. The molecule has 0 aliphatic carbocycles. The normalized spacial score (nSPS) is 15.0. The predicted molar refractivity (Wildman–Crippen MR) is 158 cm³/mol. The monoisotopic (exact) mass is 513 g/mol. The lowest BCUT2D eigenvalue weighted by Gasteiger charge is -2.29. The van der Waals surface area contributed by atoms with Crippen LogP contribution in [0.4, 0.5) is 0 Å². The minimum absolute atomic E-state index is 0.297. The number of hydrogen-bond acceptors (Lipinski definition) is 2. The van der Waals surface area contributed by atoms with Crippen LogP contribution in [-0.2, 0) is 36.3 Å². The number of esters is 1. The molecule has 5 nitrogen and oxygen atoms in total. The van der Waals surface area contributed by atoms with E-state index in [0.717, 1.165) is 66.5 Å². The molecule has 3 aromatic carbocycles. The summed E-state index contributed by atoms with van der Waals surface area (Å²) < 4.78 is 13.3. The standard InChI is InChI=1S/C34H31N3O2/c1-20-30(23-13-7-10-16-27(23)35(20)4)26-19-34(39-33(26)38,31-21(2)36(5)28-17-11-8-14-24(28)31)32-22(3)37(6)29-18-12-9-15-25(29)32/h7-19H,1-6H3. The summed E-state index contributed by atoms with van der Waals surface area (Å²) in [5.41, 5.74) is 9.00. The second-order valence-electron chi connectivity index (χ2n) is 10.8. The minimum atomic E-state index is -1.09. The van der Waals surface area contributed by atoms with Crippen molar-refractivity contribution in [3.8, 4) is 0 Å². The van der Waals surface area contributed by atoms with Crippen molar-refractivity contribution in [2.45, 2.75) is 26.4 Å². The van der Waals surface area contributed by atoms with Crippen LogP contribution in [0.5, 0.6) is 0 Å².